The van der Waals surface area contributed by atoms with Crippen LogP contribution in [-0.2, 0) is 21.9 Å². The first-order valence-electron chi connectivity index (χ1n) is 9.93. The SMILES string of the molecule is NCCC(CCc1ccc(C(=O)CCCCc2ccccc2)s1)COP(=O)(O)O. The Hall–Kier alpha value is -1.34. The predicted octanol–water partition coefficient (Wildman–Crippen LogP) is 4.35. The lowest BCUT2D eigenvalue weighted by molar-refractivity contribution is 0.0983. The molecular formula is C21H30NO5PS. The Labute approximate surface area is 176 Å². The normalized spacial score (nSPS) is 12.8. The number of hydrogen-bond donors (Lipinski definition) is 3. The summed E-state index contributed by atoms with van der Waals surface area (Å²) in [7, 11) is -4.46. The Morgan fingerprint density at radius 3 is 2.52 bits per heavy atom. The second kappa shape index (κ2) is 12.4. The first kappa shape index (κ1) is 23.9. The fourth-order valence-corrected chi connectivity index (χ4v) is 4.54. The lowest BCUT2D eigenvalue weighted by Gasteiger charge is -2.16. The molecule has 2 rings (SSSR count). The largest absolute Gasteiger partial charge is 0.469 e. The fraction of sp³-hybridized carbons (Fsp3) is 0.476. The molecule has 1 unspecified atom stereocenters. The average molecular weight is 440 g/mol. The minimum atomic E-state index is -4.46. The second-order valence-corrected chi connectivity index (χ2v) is 9.56. The van der Waals surface area contributed by atoms with Crippen LogP contribution in [0.3, 0.4) is 0 Å². The van der Waals surface area contributed by atoms with Gasteiger partial charge >= 0.3 is 7.82 Å². The first-order chi connectivity index (χ1) is 13.9. The molecule has 0 radical (unpaired) electrons. The smallest absolute Gasteiger partial charge is 0.330 e. The quantitative estimate of drug-likeness (QED) is 0.229. The molecule has 6 nitrogen and oxygen atoms in total. The van der Waals surface area contributed by atoms with Gasteiger partial charge in [0.15, 0.2) is 5.78 Å². The van der Waals surface area contributed by atoms with Gasteiger partial charge in [-0.2, -0.15) is 0 Å². The monoisotopic (exact) mass is 439 g/mol. The number of hydrogen-bond acceptors (Lipinski definition) is 5. The van der Waals surface area contributed by atoms with Gasteiger partial charge in [-0.25, -0.2) is 4.57 Å². The molecule has 29 heavy (non-hydrogen) atoms. The van der Waals surface area contributed by atoms with Crippen molar-refractivity contribution in [3.8, 4) is 0 Å². The molecular weight excluding hydrogens is 409 g/mol. The third kappa shape index (κ3) is 9.81. The molecule has 160 valence electrons. The van der Waals surface area contributed by atoms with Crippen LogP contribution in [0.25, 0.3) is 0 Å². The van der Waals surface area contributed by atoms with E-state index in [1.165, 1.54) is 16.9 Å². The van der Waals surface area contributed by atoms with Crippen molar-refractivity contribution in [2.45, 2.75) is 44.9 Å². The van der Waals surface area contributed by atoms with Crippen molar-refractivity contribution < 1.29 is 23.7 Å². The number of carbonyl (C=O) groups is 1. The van der Waals surface area contributed by atoms with Crippen LogP contribution in [0.15, 0.2) is 42.5 Å². The summed E-state index contributed by atoms with van der Waals surface area (Å²) in [6.45, 7) is 0.423. The van der Waals surface area contributed by atoms with Crippen molar-refractivity contribution in [2.24, 2.45) is 11.7 Å². The van der Waals surface area contributed by atoms with Gasteiger partial charge in [0.1, 0.15) is 0 Å². The van der Waals surface area contributed by atoms with E-state index in [2.05, 4.69) is 16.7 Å². The van der Waals surface area contributed by atoms with E-state index in [1.54, 1.807) is 0 Å². The molecule has 0 fully saturated rings. The van der Waals surface area contributed by atoms with Gasteiger partial charge in [-0.3, -0.25) is 9.32 Å². The van der Waals surface area contributed by atoms with Crippen molar-refractivity contribution in [3.05, 3.63) is 57.8 Å². The molecule has 1 aromatic carbocycles. The molecule has 1 aromatic heterocycles. The predicted molar refractivity (Wildman–Crippen MR) is 116 cm³/mol. The molecule has 0 amide bonds. The molecule has 0 aliphatic carbocycles. The highest BCUT2D eigenvalue weighted by molar-refractivity contribution is 7.46. The zero-order valence-corrected chi connectivity index (χ0v) is 18.2. The van der Waals surface area contributed by atoms with Crippen LogP contribution in [0, 0.1) is 5.92 Å². The van der Waals surface area contributed by atoms with Gasteiger partial charge < -0.3 is 15.5 Å². The van der Waals surface area contributed by atoms with Gasteiger partial charge in [-0.05, 0) is 68.7 Å². The van der Waals surface area contributed by atoms with Crippen LogP contribution in [-0.4, -0.2) is 28.7 Å². The molecule has 0 saturated heterocycles. The maximum atomic E-state index is 12.4. The molecule has 0 saturated carbocycles. The molecule has 4 N–H and O–H groups in total. The van der Waals surface area contributed by atoms with Gasteiger partial charge in [-0.15, -0.1) is 11.3 Å². The standard InChI is InChI=1S/C21H30NO5PS/c22-15-14-18(16-27-28(24,25)26)10-11-19-12-13-21(29-19)20(23)9-5-4-8-17-6-2-1-3-7-17/h1-3,6-7,12-13,18H,4-5,8-11,14-16,22H2,(H2,24,25,26). The highest BCUT2D eigenvalue weighted by atomic mass is 32.1. The molecule has 8 heteroatoms. The van der Waals surface area contributed by atoms with E-state index in [0.717, 1.165) is 35.4 Å². The van der Waals surface area contributed by atoms with Crippen molar-refractivity contribution in [1.29, 1.82) is 0 Å². The van der Waals surface area contributed by atoms with Gasteiger partial charge in [0, 0.05) is 11.3 Å². The van der Waals surface area contributed by atoms with Crippen molar-refractivity contribution in [3.63, 3.8) is 0 Å². The molecule has 1 heterocycles. The van der Waals surface area contributed by atoms with E-state index in [0.29, 0.717) is 25.8 Å². The minimum Gasteiger partial charge on any atom is -0.330 e. The summed E-state index contributed by atoms with van der Waals surface area (Å²) in [4.78, 5) is 32.0. The summed E-state index contributed by atoms with van der Waals surface area (Å²) >= 11 is 1.50. The Kier molecular flexibility index (Phi) is 10.2. The Bertz CT molecular complexity index is 789. The first-order valence-corrected chi connectivity index (χ1v) is 12.3. The summed E-state index contributed by atoms with van der Waals surface area (Å²) in [6, 6.07) is 14.1. The maximum Gasteiger partial charge on any atom is 0.469 e. The lowest BCUT2D eigenvalue weighted by Crippen LogP contribution is -2.15. The molecule has 0 bridgehead atoms. The van der Waals surface area contributed by atoms with Crippen LogP contribution in [0.2, 0.25) is 0 Å². The van der Waals surface area contributed by atoms with Gasteiger partial charge in [0.05, 0.1) is 11.5 Å². The Morgan fingerprint density at radius 2 is 1.83 bits per heavy atom. The van der Waals surface area contributed by atoms with E-state index in [9.17, 15) is 9.36 Å². The van der Waals surface area contributed by atoms with E-state index >= 15 is 0 Å². The highest BCUT2D eigenvalue weighted by Gasteiger charge is 2.18. The van der Waals surface area contributed by atoms with E-state index in [-0.39, 0.29) is 18.3 Å². The van der Waals surface area contributed by atoms with Crippen molar-refractivity contribution >= 4 is 24.9 Å². The number of phosphoric ester groups is 1. The Morgan fingerprint density at radius 1 is 1.07 bits per heavy atom. The van der Waals surface area contributed by atoms with Gasteiger partial charge in [-0.1, -0.05) is 30.3 Å². The minimum absolute atomic E-state index is 0.0138. The third-order valence-corrected chi connectivity index (χ3v) is 6.42. The van der Waals surface area contributed by atoms with Crippen LogP contribution in [0.4, 0.5) is 0 Å². The van der Waals surface area contributed by atoms with Crippen LogP contribution >= 0.6 is 19.2 Å². The average Bonchev–Trinajstić information content (AvgIpc) is 3.16. The lowest BCUT2D eigenvalue weighted by atomic mass is 10.00. The number of thiophene rings is 1. The molecule has 0 aliphatic heterocycles. The fourth-order valence-electron chi connectivity index (χ4n) is 3.14. The summed E-state index contributed by atoms with van der Waals surface area (Å²) < 4.78 is 15.5. The van der Waals surface area contributed by atoms with E-state index in [1.807, 2.05) is 30.3 Å². The topological polar surface area (TPSA) is 110 Å². The van der Waals surface area contributed by atoms with E-state index < -0.39 is 7.82 Å². The summed E-state index contributed by atoms with van der Waals surface area (Å²) in [5.41, 5.74) is 6.88. The van der Waals surface area contributed by atoms with Crippen LogP contribution in [0.5, 0.6) is 0 Å². The van der Waals surface area contributed by atoms with Gasteiger partial charge in [0.25, 0.3) is 0 Å². The summed E-state index contributed by atoms with van der Waals surface area (Å²) in [5, 5.41) is 0. The van der Waals surface area contributed by atoms with Crippen LogP contribution in [0.1, 0.15) is 52.2 Å². The Balaban J connectivity index is 1.73. The maximum absolute atomic E-state index is 12.4. The molecule has 2 aromatic rings. The van der Waals surface area contributed by atoms with Crippen LogP contribution < -0.4 is 5.73 Å². The third-order valence-electron chi connectivity index (χ3n) is 4.75. The number of Topliss-reactive ketones (excluding diaryl/α,β-unsaturated/α-hetero) is 1. The zero-order valence-electron chi connectivity index (χ0n) is 16.5. The molecule has 0 aliphatic rings. The number of unbranched alkanes of at least 4 members (excludes halogenated alkanes) is 1. The number of benzene rings is 1. The molecule has 0 spiro atoms. The van der Waals surface area contributed by atoms with E-state index in [4.69, 9.17) is 15.5 Å². The second-order valence-electron chi connectivity index (χ2n) is 7.15. The summed E-state index contributed by atoms with van der Waals surface area (Å²) in [5.74, 6) is 0.157. The number of ketones is 1. The molecule has 1 atom stereocenters. The number of nitrogens with two attached hydrogens (primary N) is 1. The van der Waals surface area contributed by atoms with Crippen molar-refractivity contribution in [2.75, 3.05) is 13.2 Å². The van der Waals surface area contributed by atoms with Gasteiger partial charge in [0.2, 0.25) is 0 Å². The zero-order chi connectivity index (χ0) is 21.1. The number of rotatable bonds is 14. The van der Waals surface area contributed by atoms with Crippen molar-refractivity contribution in [1.82, 2.24) is 0 Å². The number of aryl methyl sites for hydroxylation is 2. The number of carbonyl (C=O) groups excluding carboxylic acids is 1. The number of phosphoric acid groups is 1. The summed E-state index contributed by atoms with van der Waals surface area (Å²) in [6.07, 6.45) is 5.50. The highest BCUT2D eigenvalue weighted by Crippen LogP contribution is 2.37.